The summed E-state index contributed by atoms with van der Waals surface area (Å²) in [6.07, 6.45) is -7.85. The lowest BCUT2D eigenvalue weighted by molar-refractivity contribution is -0.141. The predicted octanol–water partition coefficient (Wildman–Crippen LogP) is 6.12. The Balaban J connectivity index is 1.73. The minimum absolute atomic E-state index is 0.207. The standard InChI is InChI=1S/C23H17F6N7/c1-13(22(24,25)26)31-20-34-19(16-8-5-9-18(33-16)23(27,28)29)35-21(36-20)32-15-10-11-30-17(12-15)14-6-3-2-4-7-14/h2-13H,1H3,(H2,30,31,32,34,35,36). The van der Waals surface area contributed by atoms with Gasteiger partial charge in [-0.05, 0) is 31.2 Å². The summed E-state index contributed by atoms with van der Waals surface area (Å²) in [6.45, 7) is 0.855. The van der Waals surface area contributed by atoms with Crippen molar-refractivity contribution in [2.24, 2.45) is 0 Å². The second-order valence-electron chi connectivity index (χ2n) is 7.54. The van der Waals surface area contributed by atoms with E-state index in [1.54, 1.807) is 12.1 Å². The van der Waals surface area contributed by atoms with Crippen molar-refractivity contribution in [3.05, 3.63) is 72.6 Å². The van der Waals surface area contributed by atoms with Gasteiger partial charge >= 0.3 is 12.4 Å². The summed E-state index contributed by atoms with van der Waals surface area (Å²) in [7, 11) is 0. The van der Waals surface area contributed by atoms with Crippen LogP contribution in [0.25, 0.3) is 22.8 Å². The zero-order valence-corrected chi connectivity index (χ0v) is 18.4. The summed E-state index contributed by atoms with van der Waals surface area (Å²) in [6, 6.07) is 13.5. The molecule has 13 heteroatoms. The maximum absolute atomic E-state index is 13.1. The summed E-state index contributed by atoms with van der Waals surface area (Å²) < 4.78 is 78.7. The van der Waals surface area contributed by atoms with E-state index in [1.165, 1.54) is 12.3 Å². The molecule has 0 fully saturated rings. The number of pyridine rings is 2. The highest BCUT2D eigenvalue weighted by Gasteiger charge is 2.37. The monoisotopic (exact) mass is 505 g/mol. The molecule has 0 saturated carbocycles. The highest BCUT2D eigenvalue weighted by atomic mass is 19.4. The second-order valence-corrected chi connectivity index (χ2v) is 7.54. The Morgan fingerprint density at radius 3 is 2.17 bits per heavy atom. The molecule has 1 unspecified atom stereocenters. The van der Waals surface area contributed by atoms with Crippen LogP contribution in [0.1, 0.15) is 12.6 Å². The van der Waals surface area contributed by atoms with E-state index in [2.05, 4.69) is 35.6 Å². The molecule has 2 N–H and O–H groups in total. The van der Waals surface area contributed by atoms with Crippen LogP contribution in [0.2, 0.25) is 0 Å². The fraction of sp³-hybridized carbons (Fsp3) is 0.174. The third-order valence-corrected chi connectivity index (χ3v) is 4.83. The van der Waals surface area contributed by atoms with Gasteiger partial charge in [0.05, 0.1) is 5.69 Å². The smallest absolute Gasteiger partial charge is 0.343 e. The van der Waals surface area contributed by atoms with E-state index in [1.807, 2.05) is 30.3 Å². The van der Waals surface area contributed by atoms with E-state index < -0.39 is 30.0 Å². The first-order chi connectivity index (χ1) is 17.0. The molecular weight excluding hydrogens is 488 g/mol. The molecule has 0 bridgehead atoms. The molecule has 3 aromatic heterocycles. The van der Waals surface area contributed by atoms with Crippen molar-refractivity contribution in [3.63, 3.8) is 0 Å². The molecule has 0 spiro atoms. The van der Waals surface area contributed by atoms with E-state index in [4.69, 9.17) is 0 Å². The Morgan fingerprint density at radius 1 is 0.750 bits per heavy atom. The topological polar surface area (TPSA) is 88.5 Å². The Hall–Kier alpha value is -4.29. The van der Waals surface area contributed by atoms with Crippen molar-refractivity contribution >= 4 is 17.6 Å². The molecule has 7 nitrogen and oxygen atoms in total. The van der Waals surface area contributed by atoms with Crippen LogP contribution in [0, 0.1) is 0 Å². The average Bonchev–Trinajstić information content (AvgIpc) is 2.83. The first-order valence-corrected chi connectivity index (χ1v) is 10.4. The number of hydrogen-bond acceptors (Lipinski definition) is 7. The van der Waals surface area contributed by atoms with E-state index in [9.17, 15) is 26.3 Å². The van der Waals surface area contributed by atoms with Crippen LogP contribution in [0.3, 0.4) is 0 Å². The Bertz CT molecular complexity index is 1340. The van der Waals surface area contributed by atoms with Gasteiger partial charge < -0.3 is 10.6 Å². The van der Waals surface area contributed by atoms with Gasteiger partial charge in [-0.3, -0.25) is 4.98 Å². The molecule has 3 heterocycles. The van der Waals surface area contributed by atoms with Crippen LogP contribution in [0.5, 0.6) is 0 Å². The maximum Gasteiger partial charge on any atom is 0.433 e. The van der Waals surface area contributed by atoms with E-state index in [0.29, 0.717) is 11.4 Å². The predicted molar refractivity (Wildman–Crippen MR) is 120 cm³/mol. The highest BCUT2D eigenvalue weighted by Crippen LogP contribution is 2.30. The van der Waals surface area contributed by atoms with Crippen molar-refractivity contribution in [1.29, 1.82) is 0 Å². The molecule has 4 aromatic rings. The average molecular weight is 505 g/mol. The normalized spacial score (nSPS) is 12.8. The van der Waals surface area contributed by atoms with Crippen LogP contribution in [0.4, 0.5) is 43.9 Å². The Morgan fingerprint density at radius 2 is 1.47 bits per heavy atom. The van der Waals surface area contributed by atoms with Crippen LogP contribution in [0.15, 0.2) is 66.9 Å². The van der Waals surface area contributed by atoms with Gasteiger partial charge in [0.15, 0.2) is 5.82 Å². The molecule has 0 saturated heterocycles. The first-order valence-electron chi connectivity index (χ1n) is 10.4. The quantitative estimate of drug-likeness (QED) is 0.305. The van der Waals surface area contributed by atoms with Gasteiger partial charge in [0, 0.05) is 17.4 Å². The van der Waals surface area contributed by atoms with Crippen LogP contribution in [-0.2, 0) is 6.18 Å². The van der Waals surface area contributed by atoms with Gasteiger partial charge in [-0.25, -0.2) is 4.98 Å². The molecule has 0 aliphatic rings. The molecule has 0 aliphatic carbocycles. The summed E-state index contributed by atoms with van der Waals surface area (Å²) in [4.78, 5) is 19.7. The molecule has 0 radical (unpaired) electrons. The Kier molecular flexibility index (Phi) is 6.73. The van der Waals surface area contributed by atoms with Gasteiger partial charge in [-0.1, -0.05) is 36.4 Å². The fourth-order valence-electron chi connectivity index (χ4n) is 3.01. The number of benzene rings is 1. The SMILES string of the molecule is CC(Nc1nc(Nc2ccnc(-c3ccccc3)c2)nc(-c2cccc(C(F)(F)F)n2)n1)C(F)(F)F. The van der Waals surface area contributed by atoms with Crippen molar-refractivity contribution in [3.8, 4) is 22.8 Å². The van der Waals surface area contributed by atoms with Crippen molar-refractivity contribution in [2.45, 2.75) is 25.3 Å². The highest BCUT2D eigenvalue weighted by molar-refractivity contribution is 5.66. The number of alkyl halides is 6. The Labute approximate surface area is 200 Å². The lowest BCUT2D eigenvalue weighted by Crippen LogP contribution is -2.34. The zero-order chi connectivity index (χ0) is 25.9. The second kappa shape index (κ2) is 9.76. The van der Waals surface area contributed by atoms with Crippen LogP contribution in [-0.4, -0.2) is 37.1 Å². The number of rotatable bonds is 6. The number of nitrogens with zero attached hydrogens (tertiary/aromatic N) is 5. The zero-order valence-electron chi connectivity index (χ0n) is 18.4. The van der Waals surface area contributed by atoms with Gasteiger partial charge in [0.25, 0.3) is 0 Å². The third-order valence-electron chi connectivity index (χ3n) is 4.83. The lowest BCUT2D eigenvalue weighted by atomic mass is 10.1. The summed E-state index contributed by atoms with van der Waals surface area (Å²) >= 11 is 0. The summed E-state index contributed by atoms with van der Waals surface area (Å²) in [5.74, 6) is -1.06. The van der Waals surface area contributed by atoms with Crippen molar-refractivity contribution in [2.75, 3.05) is 10.6 Å². The molecule has 0 amide bonds. The van der Waals surface area contributed by atoms with E-state index in [-0.39, 0.29) is 17.5 Å². The molecule has 0 aliphatic heterocycles. The molecule has 4 rings (SSSR count). The number of hydrogen-bond donors (Lipinski definition) is 2. The van der Waals surface area contributed by atoms with Crippen molar-refractivity contribution in [1.82, 2.24) is 24.9 Å². The van der Waals surface area contributed by atoms with Gasteiger partial charge in [-0.2, -0.15) is 41.3 Å². The summed E-state index contributed by atoms with van der Waals surface area (Å²) in [5, 5.41) is 4.96. The van der Waals surface area contributed by atoms with E-state index in [0.717, 1.165) is 24.6 Å². The molecule has 186 valence electrons. The third kappa shape index (κ3) is 6.03. The minimum atomic E-state index is -4.74. The minimum Gasteiger partial charge on any atom is -0.343 e. The van der Waals surface area contributed by atoms with Crippen molar-refractivity contribution < 1.29 is 26.3 Å². The molecule has 1 aromatic carbocycles. The van der Waals surface area contributed by atoms with Gasteiger partial charge in [-0.15, -0.1) is 0 Å². The van der Waals surface area contributed by atoms with Gasteiger partial charge in [0.1, 0.15) is 17.4 Å². The first kappa shape index (κ1) is 24.8. The van der Waals surface area contributed by atoms with Gasteiger partial charge in [0.2, 0.25) is 11.9 Å². The number of anilines is 3. The maximum atomic E-state index is 13.1. The van der Waals surface area contributed by atoms with Crippen LogP contribution >= 0.6 is 0 Å². The number of halogens is 6. The summed E-state index contributed by atoms with van der Waals surface area (Å²) in [5.41, 5.74) is 0.353. The number of aromatic nitrogens is 5. The van der Waals surface area contributed by atoms with Crippen LogP contribution < -0.4 is 10.6 Å². The van der Waals surface area contributed by atoms with E-state index >= 15 is 0 Å². The largest absolute Gasteiger partial charge is 0.433 e. The lowest BCUT2D eigenvalue weighted by Gasteiger charge is -2.18. The fourth-order valence-corrected chi connectivity index (χ4v) is 3.01. The molecule has 1 atom stereocenters. The molecular formula is C23H17F6N7. The molecule has 36 heavy (non-hydrogen) atoms. The number of nitrogens with one attached hydrogen (secondary N) is 2.